The molecule has 0 radical (unpaired) electrons. The highest BCUT2D eigenvalue weighted by atomic mass is 35.5. The Bertz CT molecular complexity index is 599. The fourth-order valence-corrected chi connectivity index (χ4v) is 2.37. The number of halogens is 1. The molecule has 4 heteroatoms. The van der Waals surface area contributed by atoms with Crippen molar-refractivity contribution in [1.29, 1.82) is 0 Å². The Balaban J connectivity index is 2.60. The van der Waals surface area contributed by atoms with Gasteiger partial charge in [-0.1, -0.05) is 23.7 Å². The molecule has 0 aliphatic rings. The molecule has 0 heterocycles. The number of rotatable bonds is 5. The minimum absolute atomic E-state index is 0.710. The predicted octanol–water partition coefficient (Wildman–Crippen LogP) is 3.74. The minimum atomic E-state index is 0.710. The van der Waals surface area contributed by atoms with Crippen LogP contribution in [0.2, 0.25) is 5.02 Å². The van der Waals surface area contributed by atoms with E-state index in [2.05, 4.69) is 5.32 Å². The number of nitrogens with one attached hydrogen (secondary N) is 1. The monoisotopic (exact) mass is 291 g/mol. The van der Waals surface area contributed by atoms with Crippen LogP contribution in [-0.2, 0) is 6.54 Å². The second kappa shape index (κ2) is 6.64. The van der Waals surface area contributed by atoms with E-state index in [-0.39, 0.29) is 0 Å². The third-order valence-corrected chi connectivity index (χ3v) is 3.35. The van der Waals surface area contributed by atoms with E-state index < -0.39 is 0 Å². The van der Waals surface area contributed by atoms with Crippen molar-refractivity contribution >= 4 is 11.6 Å². The van der Waals surface area contributed by atoms with Crippen molar-refractivity contribution in [2.24, 2.45) is 0 Å². The van der Waals surface area contributed by atoms with E-state index in [0.717, 1.165) is 29.0 Å². The second-order valence-corrected chi connectivity index (χ2v) is 4.84. The summed E-state index contributed by atoms with van der Waals surface area (Å²) in [5.41, 5.74) is 3.27. The lowest BCUT2D eigenvalue weighted by atomic mass is 9.98. The van der Waals surface area contributed by atoms with Gasteiger partial charge in [0.05, 0.1) is 14.2 Å². The Kier molecular flexibility index (Phi) is 4.88. The molecule has 0 unspecified atom stereocenters. The van der Waals surface area contributed by atoms with E-state index in [0.29, 0.717) is 10.8 Å². The Morgan fingerprint density at radius 3 is 2.35 bits per heavy atom. The average molecular weight is 292 g/mol. The van der Waals surface area contributed by atoms with E-state index in [1.54, 1.807) is 14.2 Å². The van der Waals surface area contributed by atoms with Crippen LogP contribution in [0.5, 0.6) is 11.5 Å². The van der Waals surface area contributed by atoms with Gasteiger partial charge in [0.1, 0.15) is 0 Å². The van der Waals surface area contributed by atoms with Crippen LogP contribution < -0.4 is 14.8 Å². The normalized spacial score (nSPS) is 10.4. The molecule has 0 saturated heterocycles. The lowest BCUT2D eigenvalue weighted by Gasteiger charge is -2.15. The Hall–Kier alpha value is -1.71. The topological polar surface area (TPSA) is 30.5 Å². The summed E-state index contributed by atoms with van der Waals surface area (Å²) < 4.78 is 10.7. The van der Waals surface area contributed by atoms with Gasteiger partial charge in [0.15, 0.2) is 11.5 Å². The number of methoxy groups -OCH3 is 2. The summed E-state index contributed by atoms with van der Waals surface area (Å²) in [6.45, 7) is 0.738. The van der Waals surface area contributed by atoms with E-state index in [4.69, 9.17) is 21.1 Å². The Morgan fingerprint density at radius 2 is 1.75 bits per heavy atom. The van der Waals surface area contributed by atoms with Gasteiger partial charge < -0.3 is 14.8 Å². The van der Waals surface area contributed by atoms with E-state index in [1.165, 1.54) is 0 Å². The largest absolute Gasteiger partial charge is 0.493 e. The lowest BCUT2D eigenvalue weighted by Crippen LogP contribution is -2.07. The first kappa shape index (κ1) is 14.7. The van der Waals surface area contributed by atoms with Crippen LogP contribution in [0.3, 0.4) is 0 Å². The molecule has 0 saturated carbocycles. The third-order valence-electron chi connectivity index (χ3n) is 3.11. The van der Waals surface area contributed by atoms with Crippen molar-refractivity contribution in [3.8, 4) is 22.6 Å². The standard InChI is InChI=1S/C16H18ClNO2/c1-18-10-12-8-15(19-2)16(20-3)9-14(12)11-5-4-6-13(17)7-11/h4-9,18H,10H2,1-3H3. The average Bonchev–Trinajstić information content (AvgIpc) is 2.47. The third kappa shape index (κ3) is 3.06. The van der Waals surface area contributed by atoms with Gasteiger partial charge in [0, 0.05) is 11.6 Å². The van der Waals surface area contributed by atoms with Crippen molar-refractivity contribution in [1.82, 2.24) is 5.32 Å². The highest BCUT2D eigenvalue weighted by molar-refractivity contribution is 6.30. The molecule has 1 N–H and O–H groups in total. The summed E-state index contributed by atoms with van der Waals surface area (Å²) in [7, 11) is 5.19. The minimum Gasteiger partial charge on any atom is -0.493 e. The summed E-state index contributed by atoms with van der Waals surface area (Å²) in [4.78, 5) is 0. The van der Waals surface area contributed by atoms with Gasteiger partial charge in [-0.25, -0.2) is 0 Å². The summed E-state index contributed by atoms with van der Waals surface area (Å²) in [5, 5.41) is 3.88. The molecule has 106 valence electrons. The fraction of sp³-hybridized carbons (Fsp3) is 0.250. The zero-order valence-corrected chi connectivity index (χ0v) is 12.6. The maximum atomic E-state index is 6.08. The molecule has 20 heavy (non-hydrogen) atoms. The summed E-state index contributed by atoms with van der Waals surface area (Å²) in [6, 6.07) is 11.8. The van der Waals surface area contributed by atoms with Gasteiger partial charge >= 0.3 is 0 Å². The van der Waals surface area contributed by atoms with E-state index in [9.17, 15) is 0 Å². The first-order valence-electron chi connectivity index (χ1n) is 6.35. The van der Waals surface area contributed by atoms with Crippen LogP contribution in [0.4, 0.5) is 0 Å². The summed E-state index contributed by atoms with van der Waals surface area (Å²) in [6.07, 6.45) is 0. The molecule has 2 aromatic carbocycles. The van der Waals surface area contributed by atoms with E-state index >= 15 is 0 Å². The van der Waals surface area contributed by atoms with Crippen LogP contribution in [0.15, 0.2) is 36.4 Å². The van der Waals surface area contributed by atoms with Gasteiger partial charge in [0.2, 0.25) is 0 Å². The maximum Gasteiger partial charge on any atom is 0.161 e. The second-order valence-electron chi connectivity index (χ2n) is 4.41. The molecule has 2 aromatic rings. The molecule has 0 bridgehead atoms. The number of benzene rings is 2. The summed E-state index contributed by atoms with van der Waals surface area (Å²) in [5.74, 6) is 1.44. The maximum absolute atomic E-state index is 6.08. The van der Waals surface area contributed by atoms with Gasteiger partial charge in [-0.3, -0.25) is 0 Å². The van der Waals surface area contributed by atoms with Gasteiger partial charge in [-0.2, -0.15) is 0 Å². The molecule has 0 aromatic heterocycles. The van der Waals surface area contributed by atoms with Crippen molar-refractivity contribution in [3.63, 3.8) is 0 Å². The van der Waals surface area contributed by atoms with E-state index in [1.807, 2.05) is 43.4 Å². The van der Waals surface area contributed by atoms with Crippen molar-refractivity contribution in [2.45, 2.75) is 6.54 Å². The number of ether oxygens (including phenoxy) is 2. The van der Waals surface area contributed by atoms with Crippen molar-refractivity contribution < 1.29 is 9.47 Å². The van der Waals surface area contributed by atoms with Crippen LogP contribution >= 0.6 is 11.6 Å². The highest BCUT2D eigenvalue weighted by Crippen LogP contribution is 2.36. The van der Waals surface area contributed by atoms with Crippen LogP contribution in [0, 0.1) is 0 Å². The predicted molar refractivity (Wildman–Crippen MR) is 82.8 cm³/mol. The quantitative estimate of drug-likeness (QED) is 0.910. The Labute approximate surface area is 124 Å². The first-order valence-corrected chi connectivity index (χ1v) is 6.72. The van der Waals surface area contributed by atoms with Crippen LogP contribution in [-0.4, -0.2) is 21.3 Å². The molecule has 0 fully saturated rings. The lowest BCUT2D eigenvalue weighted by molar-refractivity contribution is 0.354. The SMILES string of the molecule is CNCc1cc(OC)c(OC)cc1-c1cccc(Cl)c1. The van der Waals surface area contributed by atoms with Crippen molar-refractivity contribution in [2.75, 3.05) is 21.3 Å². The molecule has 0 aliphatic heterocycles. The fourth-order valence-electron chi connectivity index (χ4n) is 2.18. The molecule has 0 spiro atoms. The first-order chi connectivity index (χ1) is 9.69. The number of hydrogen-bond donors (Lipinski definition) is 1. The molecule has 0 aliphatic carbocycles. The molecule has 0 amide bonds. The van der Waals surface area contributed by atoms with Gasteiger partial charge in [-0.05, 0) is 48.0 Å². The molecular formula is C16H18ClNO2. The smallest absolute Gasteiger partial charge is 0.161 e. The zero-order valence-electron chi connectivity index (χ0n) is 11.9. The molecule has 3 nitrogen and oxygen atoms in total. The summed E-state index contributed by atoms with van der Waals surface area (Å²) >= 11 is 6.08. The van der Waals surface area contributed by atoms with Crippen LogP contribution in [0.25, 0.3) is 11.1 Å². The molecule has 0 atom stereocenters. The van der Waals surface area contributed by atoms with Gasteiger partial charge in [0.25, 0.3) is 0 Å². The molecule has 2 rings (SSSR count). The van der Waals surface area contributed by atoms with Gasteiger partial charge in [-0.15, -0.1) is 0 Å². The number of hydrogen-bond acceptors (Lipinski definition) is 3. The van der Waals surface area contributed by atoms with Crippen molar-refractivity contribution in [3.05, 3.63) is 47.0 Å². The molecular weight excluding hydrogens is 274 g/mol. The zero-order chi connectivity index (χ0) is 14.5. The van der Waals surface area contributed by atoms with Crippen LogP contribution in [0.1, 0.15) is 5.56 Å². The highest BCUT2D eigenvalue weighted by Gasteiger charge is 2.12. The Morgan fingerprint density at radius 1 is 1.05 bits per heavy atom.